The first kappa shape index (κ1) is 11.1. The molecule has 0 unspecified atom stereocenters. The van der Waals surface area contributed by atoms with Crippen molar-refractivity contribution in [2.75, 3.05) is 6.54 Å². The molecule has 9 heavy (non-hydrogen) atoms. The van der Waals surface area contributed by atoms with Crippen LogP contribution in [0.3, 0.4) is 0 Å². The van der Waals surface area contributed by atoms with Crippen molar-refractivity contribution in [1.82, 2.24) is 5.32 Å². The number of nitrogens with one attached hydrogen (secondary N) is 1. The van der Waals surface area contributed by atoms with E-state index < -0.39 is 6.09 Å². The average molecular weight is 133 g/mol. The van der Waals surface area contributed by atoms with Crippen LogP contribution in [0.25, 0.3) is 0 Å². The first-order chi connectivity index (χ1) is 4.18. The quantitative estimate of drug-likeness (QED) is 0.571. The minimum Gasteiger partial charge on any atom is -0.465 e. The van der Waals surface area contributed by atoms with E-state index in [0.717, 1.165) is 0 Å². The smallest absolute Gasteiger partial charge is 0.404 e. The Morgan fingerprint density at radius 2 is 1.78 bits per heavy atom. The average Bonchev–Trinajstić information content (AvgIpc) is 1.67. The summed E-state index contributed by atoms with van der Waals surface area (Å²) in [4.78, 5) is 9.49. The largest absolute Gasteiger partial charge is 0.465 e. The molecule has 0 atom stereocenters. The minimum atomic E-state index is -0.961. The lowest BCUT2D eigenvalue weighted by Crippen LogP contribution is -2.19. The van der Waals surface area contributed by atoms with E-state index in [1.807, 2.05) is 0 Å². The Balaban J connectivity index is 0. The second kappa shape index (κ2) is 10.3. The molecular formula is C6H15NO2. The summed E-state index contributed by atoms with van der Waals surface area (Å²) < 4.78 is 0. The first-order valence-corrected chi connectivity index (χ1v) is 3.15. The molecule has 0 aliphatic rings. The van der Waals surface area contributed by atoms with E-state index in [2.05, 4.69) is 19.2 Å². The fraction of sp³-hybridized carbons (Fsp3) is 0.833. The summed E-state index contributed by atoms with van der Waals surface area (Å²) in [5.41, 5.74) is 0. The molecule has 0 saturated heterocycles. The lowest BCUT2D eigenvalue weighted by Gasteiger charge is -1.87. The fourth-order valence-corrected chi connectivity index (χ4v) is 0.151. The Kier molecular flexibility index (Phi) is 12.7. The Labute approximate surface area is 56.1 Å². The summed E-state index contributed by atoms with van der Waals surface area (Å²) in [5.74, 6) is 0. The van der Waals surface area contributed by atoms with Gasteiger partial charge in [-0.25, -0.2) is 4.79 Å². The topological polar surface area (TPSA) is 49.3 Å². The van der Waals surface area contributed by atoms with Crippen LogP contribution in [0.4, 0.5) is 4.79 Å². The van der Waals surface area contributed by atoms with E-state index in [1.54, 1.807) is 6.92 Å². The molecule has 3 heteroatoms. The summed E-state index contributed by atoms with van der Waals surface area (Å²) in [6, 6.07) is 0. The second-order valence-electron chi connectivity index (χ2n) is 1.54. The third-order valence-corrected chi connectivity index (χ3v) is 0.328. The zero-order chi connectivity index (χ0) is 7.70. The number of hydrogen-bond donors (Lipinski definition) is 2. The van der Waals surface area contributed by atoms with Gasteiger partial charge in [-0.15, -0.1) is 0 Å². The number of hydrogen-bond acceptors (Lipinski definition) is 1. The minimum absolute atomic E-state index is 0.481. The van der Waals surface area contributed by atoms with Gasteiger partial charge < -0.3 is 10.4 Å². The third-order valence-electron chi connectivity index (χ3n) is 0.328. The van der Waals surface area contributed by atoms with E-state index in [9.17, 15) is 4.79 Å². The molecule has 0 bridgehead atoms. The Bertz CT molecular complexity index is 64.1. The van der Waals surface area contributed by atoms with Crippen LogP contribution in [-0.4, -0.2) is 17.7 Å². The highest BCUT2D eigenvalue weighted by Gasteiger charge is 1.82. The first-order valence-electron chi connectivity index (χ1n) is 3.15. The van der Waals surface area contributed by atoms with Gasteiger partial charge >= 0.3 is 6.09 Å². The van der Waals surface area contributed by atoms with Gasteiger partial charge in [0, 0.05) is 6.54 Å². The molecular weight excluding hydrogens is 118 g/mol. The van der Waals surface area contributed by atoms with Crippen LogP contribution in [0.1, 0.15) is 27.2 Å². The molecule has 0 radical (unpaired) electrons. The number of amides is 1. The molecule has 56 valence electrons. The van der Waals surface area contributed by atoms with Crippen LogP contribution in [0.15, 0.2) is 0 Å². The summed E-state index contributed by atoms with van der Waals surface area (Å²) in [6.07, 6.45) is 0.289. The van der Waals surface area contributed by atoms with E-state index in [4.69, 9.17) is 5.11 Å². The summed E-state index contributed by atoms with van der Waals surface area (Å²) in [5, 5.41) is 9.93. The van der Waals surface area contributed by atoms with Crippen molar-refractivity contribution in [3.05, 3.63) is 0 Å². The molecule has 1 amide bonds. The van der Waals surface area contributed by atoms with Crippen molar-refractivity contribution in [2.24, 2.45) is 0 Å². The zero-order valence-corrected chi connectivity index (χ0v) is 6.27. The third kappa shape index (κ3) is 39.2. The van der Waals surface area contributed by atoms with Gasteiger partial charge in [-0.2, -0.15) is 0 Å². The van der Waals surface area contributed by atoms with Crippen LogP contribution < -0.4 is 5.32 Å². The molecule has 0 aromatic heterocycles. The molecule has 0 aromatic rings. The van der Waals surface area contributed by atoms with E-state index >= 15 is 0 Å². The zero-order valence-electron chi connectivity index (χ0n) is 6.27. The second-order valence-corrected chi connectivity index (χ2v) is 1.54. The van der Waals surface area contributed by atoms with Gasteiger partial charge in [0.2, 0.25) is 0 Å². The molecule has 0 rings (SSSR count). The standard InChI is InChI=1S/C3H7NO2.C3H8/c1-2-4-3(5)6;1-3-2/h4H,2H2,1H3,(H,5,6);3H2,1-2H3. The molecule has 0 spiro atoms. The van der Waals surface area contributed by atoms with Gasteiger partial charge in [-0.3, -0.25) is 0 Å². The summed E-state index contributed by atoms with van der Waals surface area (Å²) in [7, 11) is 0. The highest BCUT2D eigenvalue weighted by molar-refractivity contribution is 5.64. The maximum absolute atomic E-state index is 9.49. The SMILES string of the molecule is CCC.CCNC(=O)O. The fourth-order valence-electron chi connectivity index (χ4n) is 0.151. The van der Waals surface area contributed by atoms with Crippen LogP contribution in [0, 0.1) is 0 Å². The Morgan fingerprint density at radius 3 is 1.78 bits per heavy atom. The molecule has 0 aliphatic heterocycles. The maximum atomic E-state index is 9.49. The van der Waals surface area contributed by atoms with Gasteiger partial charge in [0.15, 0.2) is 0 Å². The molecule has 0 heterocycles. The summed E-state index contributed by atoms with van der Waals surface area (Å²) in [6.45, 7) is 6.46. The predicted molar refractivity (Wildman–Crippen MR) is 37.7 cm³/mol. The van der Waals surface area contributed by atoms with Gasteiger partial charge in [-0.05, 0) is 6.92 Å². The molecule has 0 saturated carbocycles. The Hall–Kier alpha value is -0.730. The van der Waals surface area contributed by atoms with Crippen LogP contribution in [0.5, 0.6) is 0 Å². The van der Waals surface area contributed by atoms with Crippen molar-refractivity contribution in [2.45, 2.75) is 27.2 Å². The molecule has 3 nitrogen and oxygen atoms in total. The summed E-state index contributed by atoms with van der Waals surface area (Å²) >= 11 is 0. The Morgan fingerprint density at radius 1 is 1.44 bits per heavy atom. The maximum Gasteiger partial charge on any atom is 0.404 e. The van der Waals surface area contributed by atoms with Gasteiger partial charge in [0.1, 0.15) is 0 Å². The van der Waals surface area contributed by atoms with Crippen molar-refractivity contribution in [1.29, 1.82) is 0 Å². The molecule has 2 N–H and O–H groups in total. The van der Waals surface area contributed by atoms with E-state index in [0.29, 0.717) is 6.54 Å². The van der Waals surface area contributed by atoms with Gasteiger partial charge in [0.25, 0.3) is 0 Å². The predicted octanol–water partition coefficient (Wildman–Crippen LogP) is 1.69. The number of carboxylic acid groups (broad SMARTS) is 1. The van der Waals surface area contributed by atoms with Crippen molar-refractivity contribution < 1.29 is 9.90 Å². The van der Waals surface area contributed by atoms with Crippen LogP contribution in [-0.2, 0) is 0 Å². The number of rotatable bonds is 1. The van der Waals surface area contributed by atoms with Crippen molar-refractivity contribution in [3.63, 3.8) is 0 Å². The lowest BCUT2D eigenvalue weighted by atomic mass is 10.6. The van der Waals surface area contributed by atoms with Crippen LogP contribution >= 0.6 is 0 Å². The monoisotopic (exact) mass is 133 g/mol. The number of carbonyl (C=O) groups is 1. The normalized spacial score (nSPS) is 7.00. The molecule has 0 aromatic carbocycles. The highest BCUT2D eigenvalue weighted by atomic mass is 16.4. The van der Waals surface area contributed by atoms with Crippen molar-refractivity contribution in [3.8, 4) is 0 Å². The van der Waals surface area contributed by atoms with Gasteiger partial charge in [-0.1, -0.05) is 20.3 Å². The van der Waals surface area contributed by atoms with E-state index in [-0.39, 0.29) is 0 Å². The lowest BCUT2D eigenvalue weighted by molar-refractivity contribution is 0.195. The highest BCUT2D eigenvalue weighted by Crippen LogP contribution is 1.56. The van der Waals surface area contributed by atoms with Crippen molar-refractivity contribution >= 4 is 6.09 Å². The van der Waals surface area contributed by atoms with E-state index in [1.165, 1.54) is 6.42 Å². The van der Waals surface area contributed by atoms with Crippen LogP contribution in [0.2, 0.25) is 0 Å². The van der Waals surface area contributed by atoms with Gasteiger partial charge in [0.05, 0.1) is 0 Å². The molecule has 0 fully saturated rings. The molecule has 0 aliphatic carbocycles.